The fraction of sp³-hybridized carbons (Fsp3) is 0.273. The first kappa shape index (κ1) is 27.1. The summed E-state index contributed by atoms with van der Waals surface area (Å²) in [7, 11) is 0. The van der Waals surface area contributed by atoms with E-state index >= 15 is 0 Å². The molecule has 196 valence electrons. The summed E-state index contributed by atoms with van der Waals surface area (Å²) in [6.07, 6.45) is 1.06. The number of halogens is 1. The number of nitrogens with one attached hydrogen (secondary N) is 1. The molecule has 0 fully saturated rings. The molecule has 0 saturated heterocycles. The van der Waals surface area contributed by atoms with Crippen LogP contribution in [0.15, 0.2) is 97.1 Å². The molecule has 2 amide bonds. The van der Waals surface area contributed by atoms with Gasteiger partial charge in [-0.3, -0.25) is 9.59 Å². The Morgan fingerprint density at radius 1 is 0.816 bits per heavy atom. The molecule has 0 bridgehead atoms. The van der Waals surface area contributed by atoms with E-state index < -0.39 is 17.4 Å². The Morgan fingerprint density at radius 3 is 2.18 bits per heavy atom. The molecule has 0 radical (unpaired) electrons. The predicted molar refractivity (Wildman–Crippen MR) is 151 cm³/mol. The number of nitrogens with zero attached hydrogens (tertiary/aromatic N) is 1. The Bertz CT molecular complexity index is 1390. The summed E-state index contributed by atoms with van der Waals surface area (Å²) in [6, 6.07) is 29.4. The second-order valence-electron chi connectivity index (χ2n) is 10.7. The SMILES string of the molecule is CC(C)(C)NC(=O)[C@H](Cc1ccccc1)N(Cc1ccccc1F)C(=O)CCc1cccc2ccccc12. The molecule has 38 heavy (non-hydrogen) atoms. The fourth-order valence-electron chi connectivity index (χ4n) is 4.71. The highest BCUT2D eigenvalue weighted by Gasteiger charge is 2.32. The lowest BCUT2D eigenvalue weighted by Crippen LogP contribution is -2.54. The maximum absolute atomic E-state index is 14.8. The van der Waals surface area contributed by atoms with Crippen LogP contribution in [0.3, 0.4) is 0 Å². The minimum absolute atomic E-state index is 0.0100. The van der Waals surface area contributed by atoms with E-state index in [2.05, 4.69) is 23.5 Å². The molecule has 0 heterocycles. The van der Waals surface area contributed by atoms with E-state index in [1.54, 1.807) is 23.1 Å². The quantitative estimate of drug-likeness (QED) is 0.281. The molecule has 4 rings (SSSR count). The van der Waals surface area contributed by atoms with Gasteiger partial charge in [0.05, 0.1) is 0 Å². The van der Waals surface area contributed by atoms with Crippen LogP contribution >= 0.6 is 0 Å². The van der Waals surface area contributed by atoms with Crippen LogP contribution in [0, 0.1) is 5.82 Å². The van der Waals surface area contributed by atoms with E-state index in [1.807, 2.05) is 75.4 Å². The second kappa shape index (κ2) is 12.0. The third-order valence-corrected chi connectivity index (χ3v) is 6.56. The van der Waals surface area contributed by atoms with E-state index in [-0.39, 0.29) is 24.8 Å². The van der Waals surface area contributed by atoms with Gasteiger partial charge in [0.25, 0.3) is 0 Å². The van der Waals surface area contributed by atoms with Gasteiger partial charge in [-0.2, -0.15) is 0 Å². The van der Waals surface area contributed by atoms with E-state index in [0.717, 1.165) is 21.9 Å². The van der Waals surface area contributed by atoms with Crippen LogP contribution in [0.4, 0.5) is 4.39 Å². The van der Waals surface area contributed by atoms with Crippen molar-refractivity contribution in [1.82, 2.24) is 10.2 Å². The van der Waals surface area contributed by atoms with Gasteiger partial charge in [0.1, 0.15) is 11.9 Å². The van der Waals surface area contributed by atoms with E-state index in [0.29, 0.717) is 18.4 Å². The number of fused-ring (bicyclic) bond motifs is 1. The Kier molecular flexibility index (Phi) is 8.57. The summed E-state index contributed by atoms with van der Waals surface area (Å²) in [5.74, 6) is -0.837. The zero-order valence-corrected chi connectivity index (χ0v) is 22.3. The number of hydrogen-bond acceptors (Lipinski definition) is 2. The molecule has 0 aromatic heterocycles. The molecule has 0 aliphatic rings. The van der Waals surface area contributed by atoms with Gasteiger partial charge in [0.15, 0.2) is 0 Å². The van der Waals surface area contributed by atoms with Gasteiger partial charge in [-0.15, -0.1) is 0 Å². The van der Waals surface area contributed by atoms with Crippen molar-refractivity contribution < 1.29 is 14.0 Å². The summed E-state index contributed by atoms with van der Waals surface area (Å²) in [6.45, 7) is 5.74. The maximum atomic E-state index is 14.8. The third kappa shape index (κ3) is 7.06. The van der Waals surface area contributed by atoms with Gasteiger partial charge < -0.3 is 10.2 Å². The Hall–Kier alpha value is -3.99. The van der Waals surface area contributed by atoms with Crippen molar-refractivity contribution in [2.75, 3.05) is 0 Å². The van der Waals surface area contributed by atoms with Crippen molar-refractivity contribution >= 4 is 22.6 Å². The lowest BCUT2D eigenvalue weighted by atomic mass is 9.98. The van der Waals surface area contributed by atoms with Gasteiger partial charge in [-0.25, -0.2) is 4.39 Å². The molecule has 0 saturated carbocycles. The van der Waals surface area contributed by atoms with Crippen molar-refractivity contribution in [3.05, 3.63) is 120 Å². The van der Waals surface area contributed by atoms with Gasteiger partial charge in [-0.05, 0) is 55.2 Å². The second-order valence-corrected chi connectivity index (χ2v) is 10.7. The first-order valence-corrected chi connectivity index (χ1v) is 13.1. The summed E-state index contributed by atoms with van der Waals surface area (Å²) in [4.78, 5) is 29.1. The average molecular weight is 511 g/mol. The third-order valence-electron chi connectivity index (χ3n) is 6.56. The Balaban J connectivity index is 1.67. The first-order valence-electron chi connectivity index (χ1n) is 13.1. The highest BCUT2D eigenvalue weighted by atomic mass is 19.1. The largest absolute Gasteiger partial charge is 0.350 e. The topological polar surface area (TPSA) is 49.4 Å². The number of carbonyl (C=O) groups excluding carboxylic acids is 2. The Labute approximate surface area is 224 Å². The molecule has 4 aromatic rings. The molecule has 5 heteroatoms. The minimum Gasteiger partial charge on any atom is -0.350 e. The number of carbonyl (C=O) groups is 2. The highest BCUT2D eigenvalue weighted by molar-refractivity contribution is 5.89. The average Bonchev–Trinajstić information content (AvgIpc) is 2.90. The van der Waals surface area contributed by atoms with Gasteiger partial charge in [0, 0.05) is 30.5 Å². The van der Waals surface area contributed by atoms with Crippen molar-refractivity contribution in [3.63, 3.8) is 0 Å². The van der Waals surface area contributed by atoms with E-state index in [9.17, 15) is 14.0 Å². The number of amides is 2. The summed E-state index contributed by atoms with van der Waals surface area (Å²) in [5, 5.41) is 5.27. The van der Waals surface area contributed by atoms with Crippen LogP contribution in [0.1, 0.15) is 43.9 Å². The van der Waals surface area contributed by atoms with Gasteiger partial charge >= 0.3 is 0 Å². The molecule has 0 unspecified atom stereocenters. The monoisotopic (exact) mass is 510 g/mol. The molecule has 0 aliphatic carbocycles. The lowest BCUT2D eigenvalue weighted by molar-refractivity contribution is -0.142. The van der Waals surface area contributed by atoms with Crippen molar-refractivity contribution in [2.24, 2.45) is 0 Å². The summed E-state index contributed by atoms with van der Waals surface area (Å²) in [5.41, 5.74) is 1.90. The number of benzene rings is 4. The van der Waals surface area contributed by atoms with Crippen molar-refractivity contribution in [2.45, 2.75) is 58.2 Å². The van der Waals surface area contributed by atoms with Crippen molar-refractivity contribution in [3.8, 4) is 0 Å². The number of hydrogen-bond donors (Lipinski definition) is 1. The summed E-state index contributed by atoms with van der Waals surface area (Å²) >= 11 is 0. The van der Waals surface area contributed by atoms with Gasteiger partial charge in [0.2, 0.25) is 11.8 Å². The van der Waals surface area contributed by atoms with Crippen LogP contribution in [0.5, 0.6) is 0 Å². The normalized spacial score (nSPS) is 12.2. The zero-order chi connectivity index (χ0) is 27.1. The number of rotatable bonds is 9. The standard InChI is InChI=1S/C33H35FN2O2/c1-33(2,3)35-32(38)30(22-24-12-5-4-6-13-24)36(23-27-15-8-10-19-29(27)34)31(37)21-20-26-17-11-16-25-14-7-9-18-28(25)26/h4-19,30H,20-23H2,1-3H3,(H,35,38)/t30-/m0/s1. The van der Waals surface area contributed by atoms with Gasteiger partial charge in [-0.1, -0.05) is 91.0 Å². The molecule has 4 nitrogen and oxygen atoms in total. The predicted octanol–water partition coefficient (Wildman–Crippen LogP) is 6.47. The fourth-order valence-corrected chi connectivity index (χ4v) is 4.71. The molecule has 1 N–H and O–H groups in total. The van der Waals surface area contributed by atoms with E-state index in [4.69, 9.17) is 0 Å². The molecular formula is C33H35FN2O2. The minimum atomic E-state index is -0.795. The summed E-state index contributed by atoms with van der Waals surface area (Å²) < 4.78 is 14.8. The van der Waals surface area contributed by atoms with Crippen LogP contribution < -0.4 is 5.32 Å². The highest BCUT2D eigenvalue weighted by Crippen LogP contribution is 2.22. The molecular weight excluding hydrogens is 475 g/mol. The molecule has 1 atom stereocenters. The van der Waals surface area contributed by atoms with Crippen molar-refractivity contribution in [1.29, 1.82) is 0 Å². The number of aryl methyl sites for hydroxylation is 1. The van der Waals surface area contributed by atoms with Crippen LogP contribution in [-0.2, 0) is 29.0 Å². The molecule has 0 spiro atoms. The maximum Gasteiger partial charge on any atom is 0.243 e. The lowest BCUT2D eigenvalue weighted by Gasteiger charge is -2.34. The molecule has 0 aliphatic heterocycles. The Morgan fingerprint density at radius 2 is 1.45 bits per heavy atom. The first-order chi connectivity index (χ1) is 18.2. The smallest absolute Gasteiger partial charge is 0.243 e. The van der Waals surface area contributed by atoms with Crippen LogP contribution in [0.25, 0.3) is 10.8 Å². The zero-order valence-electron chi connectivity index (χ0n) is 22.3. The van der Waals surface area contributed by atoms with Crippen LogP contribution in [-0.4, -0.2) is 28.3 Å². The van der Waals surface area contributed by atoms with E-state index in [1.165, 1.54) is 6.07 Å². The molecule has 4 aromatic carbocycles. The van der Waals surface area contributed by atoms with Crippen LogP contribution in [0.2, 0.25) is 0 Å².